The van der Waals surface area contributed by atoms with E-state index in [4.69, 9.17) is 21.1 Å². The van der Waals surface area contributed by atoms with Gasteiger partial charge in [0, 0.05) is 36.9 Å². The van der Waals surface area contributed by atoms with Crippen molar-refractivity contribution in [1.29, 1.82) is 0 Å². The monoisotopic (exact) mass is 364 g/mol. The van der Waals surface area contributed by atoms with Crippen LogP contribution < -0.4 is 15.4 Å². The number of anilines is 3. The summed E-state index contributed by atoms with van der Waals surface area (Å²) >= 11 is 5.90. The zero-order chi connectivity index (χ0) is 17.5. The number of morpholine rings is 1. The van der Waals surface area contributed by atoms with Gasteiger partial charge in [-0.15, -0.1) is 0 Å². The number of ether oxygens (including phenoxy) is 2. The molecule has 25 heavy (non-hydrogen) atoms. The molecular formula is C16H21ClN6O2. The minimum Gasteiger partial charge on any atom is -0.467 e. The van der Waals surface area contributed by atoms with Crippen LogP contribution in [0.4, 0.5) is 17.6 Å². The third-order valence-electron chi connectivity index (χ3n) is 3.71. The first kappa shape index (κ1) is 17.7. The molecule has 0 amide bonds. The normalized spacial score (nSPS) is 15.0. The average molecular weight is 365 g/mol. The maximum Gasteiger partial charge on any atom is 0.322 e. The molecule has 1 fully saturated rings. The van der Waals surface area contributed by atoms with Crippen molar-refractivity contribution in [1.82, 2.24) is 19.9 Å². The number of hydrogen-bond donors (Lipinski definition) is 2. The van der Waals surface area contributed by atoms with Crippen LogP contribution in [-0.2, 0) is 4.74 Å². The Labute approximate surface area is 151 Å². The van der Waals surface area contributed by atoms with Crippen LogP contribution in [-0.4, -0.2) is 66.4 Å². The van der Waals surface area contributed by atoms with Crippen LogP contribution in [0.25, 0.3) is 0 Å². The number of nitrogens with zero attached hydrogens (tertiary/aromatic N) is 4. The average Bonchev–Trinajstić information content (AvgIpc) is 2.64. The highest BCUT2D eigenvalue weighted by Gasteiger charge is 2.11. The first-order chi connectivity index (χ1) is 12.2. The van der Waals surface area contributed by atoms with E-state index >= 15 is 0 Å². The number of nitrogens with one attached hydrogen (secondary N) is 2. The van der Waals surface area contributed by atoms with Gasteiger partial charge in [0.15, 0.2) is 0 Å². The lowest BCUT2D eigenvalue weighted by molar-refractivity contribution is 0.0398. The van der Waals surface area contributed by atoms with Gasteiger partial charge in [0.05, 0.1) is 20.3 Å². The summed E-state index contributed by atoms with van der Waals surface area (Å²) < 4.78 is 10.5. The standard InChI is InChI=1S/C16H21ClN6O2/c1-24-16-21-14(18-6-7-23-8-10-25-11-9-23)20-15(22-16)19-13-4-2-12(17)3-5-13/h2-5H,6-11H2,1H3,(H2,18,19,20,21,22). The summed E-state index contributed by atoms with van der Waals surface area (Å²) in [7, 11) is 1.53. The van der Waals surface area contributed by atoms with Crippen molar-refractivity contribution in [2.24, 2.45) is 0 Å². The maximum atomic E-state index is 5.90. The van der Waals surface area contributed by atoms with E-state index in [1.165, 1.54) is 7.11 Å². The molecule has 3 rings (SSSR count). The second-order valence-corrected chi connectivity index (χ2v) is 5.92. The van der Waals surface area contributed by atoms with Gasteiger partial charge in [0.25, 0.3) is 0 Å². The quantitative estimate of drug-likeness (QED) is 0.772. The number of benzene rings is 1. The van der Waals surface area contributed by atoms with E-state index in [0.717, 1.165) is 45.1 Å². The molecule has 0 atom stereocenters. The van der Waals surface area contributed by atoms with Crippen LogP contribution in [0.3, 0.4) is 0 Å². The Balaban J connectivity index is 1.61. The fourth-order valence-electron chi connectivity index (χ4n) is 2.40. The minimum absolute atomic E-state index is 0.250. The molecule has 1 saturated heterocycles. The SMILES string of the molecule is COc1nc(NCCN2CCOCC2)nc(Nc2ccc(Cl)cc2)n1. The van der Waals surface area contributed by atoms with Crippen molar-refractivity contribution in [2.75, 3.05) is 57.1 Å². The predicted octanol–water partition coefficient (Wildman–Crippen LogP) is 2.02. The minimum atomic E-state index is 0.250. The summed E-state index contributed by atoms with van der Waals surface area (Å²) in [5.41, 5.74) is 0.830. The van der Waals surface area contributed by atoms with E-state index in [0.29, 0.717) is 16.9 Å². The van der Waals surface area contributed by atoms with Gasteiger partial charge in [-0.2, -0.15) is 15.0 Å². The van der Waals surface area contributed by atoms with E-state index < -0.39 is 0 Å². The smallest absolute Gasteiger partial charge is 0.322 e. The Morgan fingerprint density at radius 2 is 1.84 bits per heavy atom. The molecule has 9 heteroatoms. The molecule has 0 aliphatic carbocycles. The third kappa shape index (κ3) is 5.42. The molecule has 2 heterocycles. The highest BCUT2D eigenvalue weighted by atomic mass is 35.5. The molecule has 1 aliphatic heterocycles. The summed E-state index contributed by atoms with van der Waals surface area (Å²) in [5, 5.41) is 7.00. The van der Waals surface area contributed by atoms with Gasteiger partial charge in [-0.05, 0) is 24.3 Å². The summed E-state index contributed by atoms with van der Waals surface area (Å²) in [5.74, 6) is 0.875. The Morgan fingerprint density at radius 1 is 1.12 bits per heavy atom. The van der Waals surface area contributed by atoms with Crippen LogP contribution in [0.2, 0.25) is 5.02 Å². The third-order valence-corrected chi connectivity index (χ3v) is 3.96. The number of aromatic nitrogens is 3. The Kier molecular flexibility index (Phi) is 6.21. The van der Waals surface area contributed by atoms with Gasteiger partial charge in [-0.3, -0.25) is 4.90 Å². The molecule has 8 nitrogen and oxygen atoms in total. The lowest BCUT2D eigenvalue weighted by Gasteiger charge is -2.26. The van der Waals surface area contributed by atoms with Crippen LogP contribution >= 0.6 is 11.6 Å². The Hall–Kier alpha value is -2.16. The lowest BCUT2D eigenvalue weighted by atomic mass is 10.3. The van der Waals surface area contributed by atoms with Crippen LogP contribution in [0, 0.1) is 0 Å². The molecule has 0 spiro atoms. The Morgan fingerprint density at radius 3 is 2.56 bits per heavy atom. The first-order valence-corrected chi connectivity index (χ1v) is 8.47. The van der Waals surface area contributed by atoms with E-state index in [-0.39, 0.29) is 6.01 Å². The highest BCUT2D eigenvalue weighted by Crippen LogP contribution is 2.18. The number of methoxy groups -OCH3 is 1. The number of rotatable bonds is 7. The van der Waals surface area contributed by atoms with Crippen molar-refractivity contribution in [3.8, 4) is 6.01 Å². The van der Waals surface area contributed by atoms with Gasteiger partial charge >= 0.3 is 6.01 Å². The molecule has 0 unspecified atom stereocenters. The molecule has 1 aromatic heterocycles. The zero-order valence-corrected chi connectivity index (χ0v) is 14.8. The largest absolute Gasteiger partial charge is 0.467 e. The highest BCUT2D eigenvalue weighted by molar-refractivity contribution is 6.30. The van der Waals surface area contributed by atoms with Crippen molar-refractivity contribution in [2.45, 2.75) is 0 Å². The summed E-state index contributed by atoms with van der Waals surface area (Å²) in [6.07, 6.45) is 0. The van der Waals surface area contributed by atoms with Crippen molar-refractivity contribution >= 4 is 29.2 Å². The van der Waals surface area contributed by atoms with E-state index in [1.807, 2.05) is 12.1 Å². The molecule has 1 aliphatic rings. The molecule has 1 aromatic carbocycles. The summed E-state index contributed by atoms with van der Waals surface area (Å²) in [6.45, 7) is 5.10. The molecule has 0 bridgehead atoms. The van der Waals surface area contributed by atoms with Gasteiger partial charge in [-0.1, -0.05) is 11.6 Å². The van der Waals surface area contributed by atoms with Crippen molar-refractivity contribution < 1.29 is 9.47 Å². The molecular weight excluding hydrogens is 344 g/mol. The lowest BCUT2D eigenvalue weighted by Crippen LogP contribution is -2.39. The molecule has 134 valence electrons. The van der Waals surface area contributed by atoms with E-state index in [2.05, 4.69) is 30.5 Å². The predicted molar refractivity (Wildman–Crippen MR) is 96.9 cm³/mol. The van der Waals surface area contributed by atoms with Gasteiger partial charge < -0.3 is 20.1 Å². The maximum absolute atomic E-state index is 5.90. The van der Waals surface area contributed by atoms with Crippen molar-refractivity contribution in [3.63, 3.8) is 0 Å². The van der Waals surface area contributed by atoms with E-state index in [1.54, 1.807) is 12.1 Å². The topological polar surface area (TPSA) is 84.4 Å². The Bertz CT molecular complexity index is 679. The van der Waals surface area contributed by atoms with Crippen molar-refractivity contribution in [3.05, 3.63) is 29.3 Å². The number of halogens is 1. The van der Waals surface area contributed by atoms with Gasteiger partial charge in [-0.25, -0.2) is 0 Å². The molecule has 0 saturated carbocycles. The zero-order valence-electron chi connectivity index (χ0n) is 14.0. The first-order valence-electron chi connectivity index (χ1n) is 8.09. The molecule has 0 radical (unpaired) electrons. The second kappa shape index (κ2) is 8.80. The van der Waals surface area contributed by atoms with Crippen LogP contribution in [0.1, 0.15) is 0 Å². The van der Waals surface area contributed by atoms with Gasteiger partial charge in [0.1, 0.15) is 0 Å². The summed E-state index contributed by atoms with van der Waals surface area (Å²) in [4.78, 5) is 15.2. The van der Waals surface area contributed by atoms with Crippen LogP contribution in [0.15, 0.2) is 24.3 Å². The molecule has 2 aromatic rings. The van der Waals surface area contributed by atoms with Gasteiger partial charge in [0.2, 0.25) is 11.9 Å². The summed E-state index contributed by atoms with van der Waals surface area (Å²) in [6, 6.07) is 7.54. The van der Waals surface area contributed by atoms with E-state index in [9.17, 15) is 0 Å². The second-order valence-electron chi connectivity index (χ2n) is 5.48. The fourth-order valence-corrected chi connectivity index (χ4v) is 2.52. The number of hydrogen-bond acceptors (Lipinski definition) is 8. The fraction of sp³-hybridized carbons (Fsp3) is 0.438. The molecule has 2 N–H and O–H groups in total. The van der Waals surface area contributed by atoms with Crippen LogP contribution in [0.5, 0.6) is 6.01 Å².